The molecule has 2 aliphatic rings. The van der Waals surface area contributed by atoms with Crippen LogP contribution in [0.1, 0.15) is 25.7 Å². The maximum absolute atomic E-state index is 12.4. The van der Waals surface area contributed by atoms with Crippen LogP contribution in [-0.2, 0) is 9.53 Å². The van der Waals surface area contributed by atoms with Gasteiger partial charge in [-0.3, -0.25) is 5.32 Å². The Morgan fingerprint density at radius 1 is 1.27 bits per heavy atom. The smallest absolute Gasteiger partial charge is 0.490 e. The average Bonchev–Trinajstić information content (AvgIpc) is 2.74. The topological polar surface area (TPSA) is 47.6 Å². The van der Waals surface area contributed by atoms with Crippen LogP contribution in [0.25, 0.3) is 0 Å². The van der Waals surface area contributed by atoms with Gasteiger partial charge in [-0.25, -0.2) is 4.79 Å². The highest BCUT2D eigenvalue weighted by atomic mass is 19.4. The molecule has 1 aromatic rings. The van der Waals surface area contributed by atoms with E-state index in [-0.39, 0.29) is 18.6 Å². The van der Waals surface area contributed by atoms with E-state index < -0.39 is 17.9 Å². The van der Waals surface area contributed by atoms with Crippen molar-refractivity contribution in [3.05, 3.63) is 30.3 Å². The van der Waals surface area contributed by atoms with E-state index in [4.69, 9.17) is 9.47 Å². The molecule has 0 spiro atoms. The Hall–Kier alpha value is -1.76. The van der Waals surface area contributed by atoms with Gasteiger partial charge in [0, 0.05) is 18.9 Å². The summed E-state index contributed by atoms with van der Waals surface area (Å²) in [7, 11) is 0. The van der Waals surface area contributed by atoms with Gasteiger partial charge in [-0.05, 0) is 25.0 Å². The van der Waals surface area contributed by atoms with Crippen molar-refractivity contribution in [1.82, 2.24) is 5.32 Å². The number of esters is 1. The van der Waals surface area contributed by atoms with E-state index in [9.17, 15) is 18.0 Å². The zero-order chi connectivity index (χ0) is 15.8. The van der Waals surface area contributed by atoms with Crippen molar-refractivity contribution >= 4 is 5.97 Å². The summed E-state index contributed by atoms with van der Waals surface area (Å²) < 4.78 is 47.9. The van der Waals surface area contributed by atoms with Crippen molar-refractivity contribution in [1.29, 1.82) is 0 Å². The monoisotopic (exact) mass is 315 g/mol. The number of nitrogens with one attached hydrogen (secondary N) is 1. The molecule has 120 valence electrons. The highest BCUT2D eigenvalue weighted by Crippen LogP contribution is 2.39. The van der Waals surface area contributed by atoms with Gasteiger partial charge in [0.2, 0.25) is 0 Å². The highest BCUT2D eigenvalue weighted by Gasteiger charge is 2.53. The highest BCUT2D eigenvalue weighted by molar-refractivity contribution is 5.76. The van der Waals surface area contributed by atoms with Crippen LogP contribution >= 0.6 is 0 Å². The Bertz CT molecular complexity index is 549. The van der Waals surface area contributed by atoms with Gasteiger partial charge < -0.3 is 9.47 Å². The normalized spacial score (nSPS) is 30.9. The SMILES string of the molecule is O=C(O[C@]12CC[C@@H](C[C@H](Oc3ccccc3)C1)N2)C(F)(F)F. The first kappa shape index (κ1) is 15.1. The van der Waals surface area contributed by atoms with Gasteiger partial charge in [-0.15, -0.1) is 0 Å². The van der Waals surface area contributed by atoms with E-state index in [0.717, 1.165) is 0 Å². The molecular formula is C15H16F3NO3. The average molecular weight is 315 g/mol. The minimum Gasteiger partial charge on any atom is -0.490 e. The zero-order valence-electron chi connectivity index (χ0n) is 11.7. The second-order valence-electron chi connectivity index (χ2n) is 5.75. The van der Waals surface area contributed by atoms with Crippen LogP contribution in [0.2, 0.25) is 0 Å². The minimum atomic E-state index is -4.98. The number of para-hydroxylation sites is 1. The lowest BCUT2D eigenvalue weighted by atomic mass is 9.99. The van der Waals surface area contributed by atoms with E-state index in [2.05, 4.69) is 5.32 Å². The standard InChI is InChI=1S/C15H16F3NO3/c16-15(17,18)13(20)22-14-7-6-10(19-14)8-12(9-14)21-11-4-2-1-3-5-11/h1-5,10,12,19H,6-9H2/t10-,12-,14+/m0/s1. The van der Waals surface area contributed by atoms with Crippen LogP contribution in [0.4, 0.5) is 13.2 Å². The second kappa shape index (κ2) is 5.46. The maximum atomic E-state index is 12.4. The molecular weight excluding hydrogens is 299 g/mol. The number of hydrogen-bond acceptors (Lipinski definition) is 4. The number of carbonyl (C=O) groups excluding carboxylic acids is 1. The third-order valence-electron chi connectivity index (χ3n) is 4.03. The maximum Gasteiger partial charge on any atom is 0.490 e. The molecule has 0 aromatic heterocycles. The quantitative estimate of drug-likeness (QED) is 0.871. The first-order chi connectivity index (χ1) is 10.4. The molecule has 0 aliphatic carbocycles. The molecule has 0 radical (unpaired) electrons. The van der Waals surface area contributed by atoms with Crippen LogP contribution in [0, 0.1) is 0 Å². The number of fused-ring (bicyclic) bond motifs is 2. The Balaban J connectivity index is 1.69. The van der Waals surface area contributed by atoms with Crippen molar-refractivity contribution in [3.8, 4) is 5.75 Å². The summed E-state index contributed by atoms with van der Waals surface area (Å²) in [5.74, 6) is -1.49. The van der Waals surface area contributed by atoms with Gasteiger partial charge in [0.25, 0.3) is 0 Å². The molecule has 7 heteroatoms. The first-order valence-electron chi connectivity index (χ1n) is 7.16. The largest absolute Gasteiger partial charge is 0.490 e. The van der Waals surface area contributed by atoms with Crippen LogP contribution < -0.4 is 10.1 Å². The molecule has 0 saturated carbocycles. The van der Waals surface area contributed by atoms with Crippen molar-refractivity contribution in [3.63, 3.8) is 0 Å². The number of piperidine rings is 1. The molecule has 0 unspecified atom stereocenters. The fourth-order valence-corrected chi connectivity index (χ4v) is 3.17. The third-order valence-corrected chi connectivity index (χ3v) is 4.03. The number of ether oxygens (including phenoxy) is 2. The molecule has 0 amide bonds. The van der Waals surface area contributed by atoms with Crippen molar-refractivity contribution in [2.24, 2.45) is 0 Å². The Labute approximate surface area is 125 Å². The predicted octanol–water partition coefficient (Wildman–Crippen LogP) is 2.78. The van der Waals surface area contributed by atoms with Gasteiger partial charge in [0.15, 0.2) is 5.72 Å². The number of carbonyl (C=O) groups is 1. The third kappa shape index (κ3) is 3.19. The summed E-state index contributed by atoms with van der Waals surface area (Å²) in [5.41, 5.74) is -1.27. The summed E-state index contributed by atoms with van der Waals surface area (Å²) in [5, 5.41) is 3.00. The zero-order valence-corrected chi connectivity index (χ0v) is 11.7. The predicted molar refractivity (Wildman–Crippen MR) is 71.1 cm³/mol. The van der Waals surface area contributed by atoms with E-state index in [0.29, 0.717) is 25.0 Å². The summed E-state index contributed by atoms with van der Waals surface area (Å²) in [6.07, 6.45) is -3.34. The Morgan fingerprint density at radius 2 is 2.00 bits per heavy atom. The van der Waals surface area contributed by atoms with Crippen molar-refractivity contribution in [2.45, 2.75) is 49.7 Å². The van der Waals surface area contributed by atoms with Gasteiger partial charge in [0.05, 0.1) is 0 Å². The Kier molecular flexibility index (Phi) is 3.76. The van der Waals surface area contributed by atoms with Crippen LogP contribution in [0.5, 0.6) is 5.75 Å². The first-order valence-corrected chi connectivity index (χ1v) is 7.16. The lowest BCUT2D eigenvalue weighted by Crippen LogP contribution is -2.56. The fourth-order valence-electron chi connectivity index (χ4n) is 3.17. The van der Waals surface area contributed by atoms with E-state index in [1.54, 1.807) is 12.1 Å². The molecule has 2 saturated heterocycles. The molecule has 3 rings (SSSR count). The molecule has 2 aliphatic heterocycles. The van der Waals surface area contributed by atoms with Gasteiger partial charge in [0.1, 0.15) is 11.9 Å². The van der Waals surface area contributed by atoms with E-state index in [1.165, 1.54) is 0 Å². The number of alkyl halides is 3. The molecule has 2 fully saturated rings. The molecule has 1 N–H and O–H groups in total. The molecule has 1 aromatic carbocycles. The lowest BCUT2D eigenvalue weighted by molar-refractivity contribution is -0.219. The number of halogens is 3. The van der Waals surface area contributed by atoms with Crippen LogP contribution in [0.3, 0.4) is 0 Å². The van der Waals surface area contributed by atoms with Crippen molar-refractivity contribution < 1.29 is 27.4 Å². The van der Waals surface area contributed by atoms with Crippen molar-refractivity contribution in [2.75, 3.05) is 0 Å². The minimum absolute atomic E-state index is 0.00324. The number of benzene rings is 1. The van der Waals surface area contributed by atoms with Crippen LogP contribution in [0.15, 0.2) is 30.3 Å². The summed E-state index contributed by atoms with van der Waals surface area (Å²) in [6, 6.07) is 9.08. The lowest BCUT2D eigenvalue weighted by Gasteiger charge is -2.38. The Morgan fingerprint density at radius 3 is 2.68 bits per heavy atom. The van der Waals surface area contributed by atoms with Gasteiger partial charge in [-0.1, -0.05) is 18.2 Å². The fraction of sp³-hybridized carbons (Fsp3) is 0.533. The summed E-state index contributed by atoms with van der Waals surface area (Å²) in [4.78, 5) is 11.2. The second-order valence-corrected chi connectivity index (χ2v) is 5.75. The molecule has 2 heterocycles. The van der Waals surface area contributed by atoms with Gasteiger partial charge >= 0.3 is 12.1 Å². The molecule has 22 heavy (non-hydrogen) atoms. The number of hydrogen-bond donors (Lipinski definition) is 1. The molecule has 3 atom stereocenters. The van der Waals surface area contributed by atoms with Gasteiger partial charge in [-0.2, -0.15) is 13.2 Å². The van der Waals surface area contributed by atoms with Crippen LogP contribution in [-0.4, -0.2) is 30.0 Å². The van der Waals surface area contributed by atoms with E-state index in [1.807, 2.05) is 18.2 Å². The molecule has 2 bridgehead atoms. The van der Waals surface area contributed by atoms with E-state index >= 15 is 0 Å². The summed E-state index contributed by atoms with van der Waals surface area (Å²) >= 11 is 0. The molecule has 4 nitrogen and oxygen atoms in total. The number of rotatable bonds is 3. The summed E-state index contributed by atoms with van der Waals surface area (Å²) in [6.45, 7) is 0.